The number of hydrogen-bond donors (Lipinski definition) is 3. The highest BCUT2D eigenvalue weighted by Crippen LogP contribution is 2.32. The summed E-state index contributed by atoms with van der Waals surface area (Å²) in [4.78, 5) is 37.4. The van der Waals surface area contributed by atoms with E-state index in [0.29, 0.717) is 23.2 Å². The van der Waals surface area contributed by atoms with Crippen LogP contribution in [0.5, 0.6) is 5.75 Å². The molecule has 10 heteroatoms. The molecule has 0 aliphatic rings. The van der Waals surface area contributed by atoms with Crippen molar-refractivity contribution in [2.75, 3.05) is 11.5 Å². The van der Waals surface area contributed by atoms with Crippen LogP contribution in [-0.2, 0) is 0 Å². The van der Waals surface area contributed by atoms with Crippen LogP contribution < -0.4 is 11.5 Å². The highest BCUT2D eigenvalue weighted by Gasteiger charge is 2.19. The monoisotopic (exact) mass is 453 g/mol. The van der Waals surface area contributed by atoms with Crippen molar-refractivity contribution < 1.29 is 14.7 Å². The fourth-order valence-corrected chi connectivity index (χ4v) is 3.30. The van der Waals surface area contributed by atoms with Crippen molar-refractivity contribution in [3.8, 4) is 17.1 Å². The molecule has 0 unspecified atom stereocenters. The van der Waals surface area contributed by atoms with Crippen LogP contribution in [0.2, 0.25) is 0 Å². The van der Waals surface area contributed by atoms with Gasteiger partial charge < -0.3 is 16.6 Å². The number of anilines is 2. The van der Waals surface area contributed by atoms with Crippen molar-refractivity contribution >= 4 is 35.1 Å². The molecule has 4 rings (SSSR count). The van der Waals surface area contributed by atoms with Crippen LogP contribution in [0.4, 0.5) is 23.0 Å². The normalized spacial score (nSPS) is 11.0. The number of pyridine rings is 1. The maximum absolute atomic E-state index is 13.1. The highest BCUT2D eigenvalue weighted by atomic mass is 16.3. The number of ketones is 1. The molecular weight excluding hydrogens is 434 g/mol. The third-order valence-corrected chi connectivity index (χ3v) is 5.13. The number of aromatic nitrogens is 3. The van der Waals surface area contributed by atoms with Gasteiger partial charge >= 0.3 is 0 Å². The van der Waals surface area contributed by atoms with Crippen molar-refractivity contribution in [2.45, 2.75) is 6.92 Å². The average molecular weight is 453 g/mol. The molecule has 34 heavy (non-hydrogen) atoms. The van der Waals surface area contributed by atoms with Gasteiger partial charge in [-0.05, 0) is 31.2 Å². The third kappa shape index (κ3) is 4.19. The maximum Gasteiger partial charge on any atom is 0.194 e. The number of benzene rings is 2. The lowest BCUT2D eigenvalue weighted by Crippen LogP contribution is -2.07. The lowest BCUT2D eigenvalue weighted by atomic mass is 9.95. The van der Waals surface area contributed by atoms with Crippen molar-refractivity contribution in [3.05, 3.63) is 83.2 Å². The molecule has 2 aromatic heterocycles. The quantitative estimate of drug-likeness (QED) is 0.222. The molecule has 0 saturated heterocycles. The number of phenolic OH excluding ortho intramolecular Hbond substituents is 1. The van der Waals surface area contributed by atoms with E-state index in [2.05, 4.69) is 25.2 Å². The van der Waals surface area contributed by atoms with E-state index in [-0.39, 0.29) is 45.5 Å². The molecular formula is C24H19N7O3. The van der Waals surface area contributed by atoms with Crippen molar-refractivity contribution in [1.82, 2.24) is 15.0 Å². The zero-order valence-corrected chi connectivity index (χ0v) is 18.0. The van der Waals surface area contributed by atoms with E-state index < -0.39 is 5.78 Å². The van der Waals surface area contributed by atoms with Crippen LogP contribution in [0.3, 0.4) is 0 Å². The van der Waals surface area contributed by atoms with Gasteiger partial charge in [-0.15, -0.1) is 10.2 Å². The first-order chi connectivity index (χ1) is 16.4. The van der Waals surface area contributed by atoms with Crippen LogP contribution in [0.25, 0.3) is 11.4 Å². The summed E-state index contributed by atoms with van der Waals surface area (Å²) in [6.07, 6.45) is 3.70. The van der Waals surface area contributed by atoms with E-state index in [9.17, 15) is 14.7 Å². The number of nitrogen functional groups attached to an aromatic ring is 2. The van der Waals surface area contributed by atoms with Crippen LogP contribution in [0.1, 0.15) is 31.8 Å². The second kappa shape index (κ2) is 9.25. The second-order valence-electron chi connectivity index (χ2n) is 7.24. The standard InChI is InChI=1S/C24H19N7O3/c1-13-15(4-3-7-19(13)33)21(34)16-5-2-6-18(17(16)12-32)30-31-20-22(25)28-24(29-23(20)26)14-8-10-27-11-9-14/h2-12,33H,1H3,(H4,25,26,28,29)/b31-30+. The van der Waals surface area contributed by atoms with E-state index in [4.69, 9.17) is 11.5 Å². The number of aldehydes is 1. The van der Waals surface area contributed by atoms with E-state index in [1.54, 1.807) is 49.6 Å². The molecule has 0 fully saturated rings. The molecule has 4 aromatic rings. The largest absolute Gasteiger partial charge is 0.508 e. The van der Waals surface area contributed by atoms with Gasteiger partial charge in [-0.3, -0.25) is 14.6 Å². The van der Waals surface area contributed by atoms with Gasteiger partial charge in [0.25, 0.3) is 0 Å². The molecule has 2 aromatic carbocycles. The van der Waals surface area contributed by atoms with E-state index in [1.807, 2.05) is 0 Å². The molecule has 2 heterocycles. The number of azo groups is 1. The van der Waals surface area contributed by atoms with Crippen LogP contribution in [0, 0.1) is 6.92 Å². The topological polar surface area (TPSA) is 170 Å². The van der Waals surface area contributed by atoms with Gasteiger partial charge in [0.2, 0.25) is 0 Å². The third-order valence-electron chi connectivity index (χ3n) is 5.13. The Hall–Kier alpha value is -4.99. The van der Waals surface area contributed by atoms with Crippen molar-refractivity contribution in [1.29, 1.82) is 0 Å². The summed E-state index contributed by atoms with van der Waals surface area (Å²) >= 11 is 0. The minimum absolute atomic E-state index is 0.00154. The maximum atomic E-state index is 13.1. The highest BCUT2D eigenvalue weighted by molar-refractivity contribution is 6.15. The predicted molar refractivity (Wildman–Crippen MR) is 126 cm³/mol. The average Bonchev–Trinajstić information content (AvgIpc) is 2.85. The zero-order valence-electron chi connectivity index (χ0n) is 18.0. The first kappa shape index (κ1) is 22.2. The Bertz CT molecular complexity index is 1410. The Balaban J connectivity index is 1.72. The summed E-state index contributed by atoms with van der Waals surface area (Å²) in [5.74, 6) is -0.150. The molecule has 0 amide bonds. The van der Waals surface area contributed by atoms with Gasteiger partial charge in [-0.2, -0.15) is 0 Å². The van der Waals surface area contributed by atoms with Crippen molar-refractivity contribution in [2.24, 2.45) is 10.2 Å². The molecule has 0 saturated carbocycles. The number of nitrogens with two attached hydrogens (primary N) is 2. The first-order valence-electron chi connectivity index (χ1n) is 10.1. The number of hydrogen-bond acceptors (Lipinski definition) is 10. The number of rotatable bonds is 6. The number of nitrogens with zero attached hydrogens (tertiary/aromatic N) is 5. The van der Waals surface area contributed by atoms with Gasteiger partial charge in [0, 0.05) is 34.6 Å². The molecule has 5 N–H and O–H groups in total. The number of carbonyl (C=O) groups excluding carboxylic acids is 2. The summed E-state index contributed by atoms with van der Waals surface area (Å²) in [6, 6.07) is 12.6. The molecule has 0 atom stereocenters. The van der Waals surface area contributed by atoms with E-state index in [1.165, 1.54) is 18.2 Å². The zero-order chi connectivity index (χ0) is 24.2. The van der Waals surface area contributed by atoms with Crippen molar-refractivity contribution in [3.63, 3.8) is 0 Å². The molecule has 10 nitrogen and oxygen atoms in total. The Kier molecular flexibility index (Phi) is 6.04. The second-order valence-corrected chi connectivity index (χ2v) is 7.24. The Morgan fingerprint density at radius 1 is 0.941 bits per heavy atom. The summed E-state index contributed by atoms with van der Waals surface area (Å²) < 4.78 is 0. The number of aromatic hydroxyl groups is 1. The SMILES string of the molecule is Cc1c(O)cccc1C(=O)c1cccc(/N=N/c2c(N)nc(-c3ccncc3)nc2N)c1C=O. The van der Waals surface area contributed by atoms with Gasteiger partial charge in [0.05, 0.1) is 11.3 Å². The Morgan fingerprint density at radius 2 is 1.59 bits per heavy atom. The number of carbonyl (C=O) groups is 2. The fraction of sp³-hybridized carbons (Fsp3) is 0.0417. The molecule has 168 valence electrons. The molecule has 0 aliphatic heterocycles. The predicted octanol–water partition coefficient (Wildman–Crippen LogP) is 4.18. The van der Waals surface area contributed by atoms with Crippen LogP contribution >= 0.6 is 0 Å². The van der Waals surface area contributed by atoms with Gasteiger partial charge in [-0.25, -0.2) is 9.97 Å². The number of phenols is 1. The van der Waals surface area contributed by atoms with Gasteiger partial charge in [-0.1, -0.05) is 24.3 Å². The lowest BCUT2D eigenvalue weighted by Gasteiger charge is -2.10. The fourth-order valence-electron chi connectivity index (χ4n) is 3.30. The van der Waals surface area contributed by atoms with Gasteiger partial charge in [0.15, 0.2) is 35.2 Å². The van der Waals surface area contributed by atoms with Gasteiger partial charge in [0.1, 0.15) is 5.75 Å². The minimum atomic E-state index is -0.434. The summed E-state index contributed by atoms with van der Waals surface area (Å²) in [6.45, 7) is 1.62. The Morgan fingerprint density at radius 3 is 2.26 bits per heavy atom. The van der Waals surface area contributed by atoms with E-state index in [0.717, 1.165) is 0 Å². The molecule has 0 spiro atoms. The summed E-state index contributed by atoms with van der Waals surface area (Å²) in [5, 5.41) is 18.1. The van der Waals surface area contributed by atoms with Crippen LogP contribution in [0.15, 0.2) is 71.2 Å². The molecule has 0 radical (unpaired) electrons. The smallest absolute Gasteiger partial charge is 0.194 e. The summed E-state index contributed by atoms with van der Waals surface area (Å²) in [7, 11) is 0. The Labute approximate surface area is 194 Å². The summed E-state index contributed by atoms with van der Waals surface area (Å²) in [5.41, 5.74) is 13.7. The van der Waals surface area contributed by atoms with Crippen LogP contribution in [-0.4, -0.2) is 32.1 Å². The van der Waals surface area contributed by atoms with E-state index >= 15 is 0 Å². The molecule has 0 aliphatic carbocycles. The minimum Gasteiger partial charge on any atom is -0.508 e. The lowest BCUT2D eigenvalue weighted by molar-refractivity contribution is 0.102. The molecule has 0 bridgehead atoms. The first-order valence-corrected chi connectivity index (χ1v) is 10.1.